The van der Waals surface area contributed by atoms with Gasteiger partial charge in [-0.15, -0.1) is 10.2 Å². The lowest BCUT2D eigenvalue weighted by atomic mass is 10.2. The van der Waals surface area contributed by atoms with E-state index >= 15 is 0 Å². The first kappa shape index (κ1) is 19.8. The highest BCUT2D eigenvalue weighted by molar-refractivity contribution is 7.85. The molecule has 140 valence electrons. The van der Waals surface area contributed by atoms with Crippen molar-refractivity contribution in [3.8, 4) is 5.75 Å². The Bertz CT molecular complexity index is 841. The van der Waals surface area contributed by atoms with Gasteiger partial charge in [-0.2, -0.15) is 8.42 Å². The van der Waals surface area contributed by atoms with E-state index in [4.69, 9.17) is 4.55 Å². The number of aromatic hydroxyl groups is 1. The molecule has 2 N–H and O–H groups in total. The quantitative estimate of drug-likeness (QED) is 0.508. The van der Waals surface area contributed by atoms with Crippen LogP contribution < -0.4 is 4.90 Å². The fourth-order valence-electron chi connectivity index (χ4n) is 2.39. The zero-order valence-corrected chi connectivity index (χ0v) is 15.3. The van der Waals surface area contributed by atoms with Gasteiger partial charge >= 0.3 is 0 Å². The van der Waals surface area contributed by atoms with E-state index in [1.807, 2.05) is 11.8 Å². The van der Waals surface area contributed by atoms with Crippen LogP contribution in [0.5, 0.6) is 5.75 Å². The van der Waals surface area contributed by atoms with Gasteiger partial charge in [0.15, 0.2) is 5.82 Å². The smallest absolute Gasteiger partial charge is 0.264 e. The zero-order valence-electron chi connectivity index (χ0n) is 14.5. The molecule has 0 unspecified atom stereocenters. The van der Waals surface area contributed by atoms with Gasteiger partial charge in [-0.1, -0.05) is 13.0 Å². The van der Waals surface area contributed by atoms with Crippen LogP contribution in [0.4, 0.5) is 17.2 Å². The summed E-state index contributed by atoms with van der Waals surface area (Å²) in [6.45, 7) is 3.15. The van der Waals surface area contributed by atoms with Gasteiger partial charge in [0.1, 0.15) is 11.4 Å². The Balaban J connectivity index is 2.10. The SMILES string of the molecule is CCCN(CCCS(=O)(=O)O)c1ccc(N=Nc2ccccn2)c(O)c1. The molecule has 2 aromatic rings. The van der Waals surface area contributed by atoms with Gasteiger partial charge in [0.05, 0.1) is 5.75 Å². The van der Waals surface area contributed by atoms with E-state index in [9.17, 15) is 13.5 Å². The fraction of sp³-hybridized carbons (Fsp3) is 0.353. The highest BCUT2D eigenvalue weighted by Gasteiger charge is 2.11. The molecule has 0 saturated heterocycles. The number of azo groups is 1. The molecule has 0 aliphatic carbocycles. The number of aromatic nitrogens is 1. The Morgan fingerprint density at radius 3 is 2.58 bits per heavy atom. The van der Waals surface area contributed by atoms with Gasteiger partial charge in [0.25, 0.3) is 10.1 Å². The molecule has 0 radical (unpaired) electrons. The number of phenols is 1. The number of hydrogen-bond acceptors (Lipinski definition) is 7. The van der Waals surface area contributed by atoms with Gasteiger partial charge in [0, 0.05) is 31.0 Å². The zero-order chi connectivity index (χ0) is 19.0. The summed E-state index contributed by atoms with van der Waals surface area (Å²) >= 11 is 0. The molecule has 9 heteroatoms. The lowest BCUT2D eigenvalue weighted by molar-refractivity contribution is 0.475. The second-order valence-corrected chi connectivity index (χ2v) is 7.26. The molecule has 0 saturated carbocycles. The molecule has 1 heterocycles. The van der Waals surface area contributed by atoms with Crippen LogP contribution in [0.15, 0.2) is 52.8 Å². The highest BCUT2D eigenvalue weighted by Crippen LogP contribution is 2.32. The molecule has 0 atom stereocenters. The molecule has 0 spiro atoms. The van der Waals surface area contributed by atoms with Crippen molar-refractivity contribution in [1.29, 1.82) is 0 Å². The second kappa shape index (κ2) is 9.25. The molecule has 26 heavy (non-hydrogen) atoms. The standard InChI is InChI=1S/C17H22N4O4S/c1-2-10-21(11-5-12-26(23,24)25)14-7-8-15(16(22)13-14)19-20-17-6-3-4-9-18-17/h3-4,6-9,13,22H,2,5,10-12H2,1H3,(H,23,24,25). The third-order valence-electron chi connectivity index (χ3n) is 3.56. The molecule has 0 bridgehead atoms. The Morgan fingerprint density at radius 2 is 1.96 bits per heavy atom. The molecule has 0 aliphatic rings. The average molecular weight is 378 g/mol. The molecule has 1 aromatic heterocycles. The van der Waals surface area contributed by atoms with Crippen molar-refractivity contribution in [2.75, 3.05) is 23.7 Å². The Kier molecular flexibility index (Phi) is 7.05. The van der Waals surface area contributed by atoms with Crippen LogP contribution in [0.2, 0.25) is 0 Å². The summed E-state index contributed by atoms with van der Waals surface area (Å²) in [7, 11) is -3.97. The Hall–Kier alpha value is -2.52. The predicted octanol–water partition coefficient (Wildman–Crippen LogP) is 3.70. The predicted molar refractivity (Wildman–Crippen MR) is 100 cm³/mol. The normalized spacial score (nSPS) is 11.8. The first-order valence-corrected chi connectivity index (χ1v) is 9.86. The van der Waals surface area contributed by atoms with Crippen molar-refractivity contribution >= 4 is 27.3 Å². The van der Waals surface area contributed by atoms with E-state index in [2.05, 4.69) is 15.2 Å². The molecule has 0 aliphatic heterocycles. The minimum absolute atomic E-state index is 0.0296. The minimum atomic E-state index is -3.97. The fourth-order valence-corrected chi connectivity index (χ4v) is 2.88. The number of phenolic OH excluding ortho intramolecular Hbond substituents is 1. The Morgan fingerprint density at radius 1 is 1.15 bits per heavy atom. The summed E-state index contributed by atoms with van der Waals surface area (Å²) in [4.78, 5) is 5.98. The van der Waals surface area contributed by atoms with Crippen LogP contribution in [-0.4, -0.2) is 41.9 Å². The summed E-state index contributed by atoms with van der Waals surface area (Å²) in [5.74, 6) is 0.113. The summed E-state index contributed by atoms with van der Waals surface area (Å²) in [6, 6.07) is 10.3. The van der Waals surface area contributed by atoms with Crippen LogP contribution in [0.1, 0.15) is 19.8 Å². The largest absolute Gasteiger partial charge is 0.506 e. The number of nitrogens with zero attached hydrogens (tertiary/aromatic N) is 4. The van der Waals surface area contributed by atoms with E-state index in [0.29, 0.717) is 31.0 Å². The van der Waals surface area contributed by atoms with Crippen molar-refractivity contribution in [2.45, 2.75) is 19.8 Å². The molecule has 0 fully saturated rings. The first-order chi connectivity index (χ1) is 12.4. The van der Waals surface area contributed by atoms with Crippen LogP contribution >= 0.6 is 0 Å². The van der Waals surface area contributed by atoms with E-state index in [-0.39, 0.29) is 11.5 Å². The minimum Gasteiger partial charge on any atom is -0.506 e. The lowest BCUT2D eigenvalue weighted by Gasteiger charge is -2.24. The van der Waals surface area contributed by atoms with Crippen molar-refractivity contribution < 1.29 is 18.1 Å². The third-order valence-corrected chi connectivity index (χ3v) is 4.36. The number of benzene rings is 1. The first-order valence-electron chi connectivity index (χ1n) is 8.25. The summed E-state index contributed by atoms with van der Waals surface area (Å²) in [5.41, 5.74) is 1.06. The van der Waals surface area contributed by atoms with Crippen LogP contribution in [0, 0.1) is 0 Å². The number of anilines is 1. The van der Waals surface area contributed by atoms with Crippen LogP contribution in [0.25, 0.3) is 0 Å². The second-order valence-electron chi connectivity index (χ2n) is 5.69. The number of rotatable bonds is 9. The van der Waals surface area contributed by atoms with Crippen molar-refractivity contribution in [2.24, 2.45) is 10.2 Å². The van der Waals surface area contributed by atoms with Crippen molar-refractivity contribution in [3.05, 3.63) is 42.6 Å². The molecule has 2 rings (SSSR count). The number of hydrogen-bond donors (Lipinski definition) is 2. The van der Waals surface area contributed by atoms with Gasteiger partial charge in [-0.05, 0) is 37.1 Å². The van der Waals surface area contributed by atoms with Crippen LogP contribution in [-0.2, 0) is 10.1 Å². The molecule has 8 nitrogen and oxygen atoms in total. The highest BCUT2D eigenvalue weighted by atomic mass is 32.2. The molecular formula is C17H22N4O4S. The van der Waals surface area contributed by atoms with Gasteiger partial charge < -0.3 is 10.0 Å². The Labute approximate surface area is 153 Å². The van der Waals surface area contributed by atoms with Gasteiger partial charge in [-0.25, -0.2) is 4.98 Å². The van der Waals surface area contributed by atoms with Crippen LogP contribution in [0.3, 0.4) is 0 Å². The van der Waals surface area contributed by atoms with E-state index in [0.717, 1.165) is 12.1 Å². The molecule has 0 amide bonds. The summed E-state index contributed by atoms with van der Waals surface area (Å²) in [6.07, 6.45) is 2.75. The monoisotopic (exact) mass is 378 g/mol. The van der Waals surface area contributed by atoms with E-state index in [1.54, 1.807) is 42.6 Å². The van der Waals surface area contributed by atoms with E-state index < -0.39 is 10.1 Å². The molecule has 1 aromatic carbocycles. The van der Waals surface area contributed by atoms with Crippen molar-refractivity contribution in [1.82, 2.24) is 4.98 Å². The lowest BCUT2D eigenvalue weighted by Crippen LogP contribution is -2.26. The summed E-state index contributed by atoms with van der Waals surface area (Å²) < 4.78 is 30.6. The maximum Gasteiger partial charge on any atom is 0.264 e. The van der Waals surface area contributed by atoms with E-state index in [1.165, 1.54) is 0 Å². The molecular weight excluding hydrogens is 356 g/mol. The van der Waals surface area contributed by atoms with Gasteiger partial charge in [-0.3, -0.25) is 4.55 Å². The third kappa shape index (κ3) is 6.41. The summed E-state index contributed by atoms with van der Waals surface area (Å²) in [5, 5.41) is 18.2. The average Bonchev–Trinajstić information content (AvgIpc) is 2.60. The maximum atomic E-state index is 10.9. The topological polar surface area (TPSA) is 115 Å². The van der Waals surface area contributed by atoms with Crippen molar-refractivity contribution in [3.63, 3.8) is 0 Å². The maximum absolute atomic E-state index is 10.9. The number of pyridine rings is 1. The van der Waals surface area contributed by atoms with Gasteiger partial charge in [0.2, 0.25) is 0 Å².